The van der Waals surface area contributed by atoms with E-state index >= 15 is 0 Å². The lowest BCUT2D eigenvalue weighted by Gasteiger charge is -2.12. The minimum Gasteiger partial charge on any atom is -0.488 e. The Kier molecular flexibility index (Phi) is 5.62. The third-order valence-electron chi connectivity index (χ3n) is 3.88. The molecule has 3 rings (SSSR count). The van der Waals surface area contributed by atoms with Gasteiger partial charge in [-0.2, -0.15) is 0 Å². The third-order valence-corrected chi connectivity index (χ3v) is 4.78. The molecule has 1 aromatic heterocycles. The molecule has 0 bridgehead atoms. The third kappa shape index (κ3) is 4.02. The summed E-state index contributed by atoms with van der Waals surface area (Å²) in [4.78, 5) is 4.72. The Bertz CT molecular complexity index is 783. The molecular weight excluding hydrogens is 316 g/mol. The first-order chi connectivity index (χ1) is 11.8. The second-order valence-corrected chi connectivity index (χ2v) is 6.57. The monoisotopic (exact) mass is 338 g/mol. The summed E-state index contributed by atoms with van der Waals surface area (Å²) in [5.74, 6) is 0.876. The van der Waals surface area contributed by atoms with Crippen LogP contribution in [0, 0.1) is 0 Å². The van der Waals surface area contributed by atoms with E-state index in [1.165, 1.54) is 5.56 Å². The molecule has 0 aliphatic heterocycles. The Labute approximate surface area is 147 Å². The van der Waals surface area contributed by atoms with Crippen molar-refractivity contribution < 1.29 is 4.74 Å². The summed E-state index contributed by atoms with van der Waals surface area (Å²) < 4.78 is 6.09. The lowest BCUT2D eigenvalue weighted by atomic mass is 10.1. The van der Waals surface area contributed by atoms with Crippen LogP contribution in [0.25, 0.3) is 11.3 Å². The van der Waals surface area contributed by atoms with Gasteiger partial charge in [-0.3, -0.25) is 0 Å². The van der Waals surface area contributed by atoms with Crippen molar-refractivity contribution in [3.8, 4) is 17.0 Å². The summed E-state index contributed by atoms with van der Waals surface area (Å²) in [6.45, 7) is 3.34. The molecule has 124 valence electrons. The van der Waals surface area contributed by atoms with Crippen LogP contribution in [0.15, 0.2) is 53.9 Å². The first-order valence-electron chi connectivity index (χ1n) is 8.24. The molecule has 0 amide bonds. The van der Waals surface area contributed by atoms with Crippen molar-refractivity contribution in [2.24, 2.45) is 5.73 Å². The molecule has 0 saturated carbocycles. The molecular formula is C20H22N2OS. The van der Waals surface area contributed by atoms with Gasteiger partial charge in [-0.15, -0.1) is 11.3 Å². The number of aryl methyl sites for hydroxylation is 1. The number of hydrogen-bond acceptors (Lipinski definition) is 4. The number of ether oxygens (including phenoxy) is 1. The highest BCUT2D eigenvalue weighted by atomic mass is 32.1. The number of rotatable bonds is 7. The normalized spacial score (nSPS) is 10.8. The number of thiazole rings is 1. The van der Waals surface area contributed by atoms with Crippen molar-refractivity contribution >= 4 is 11.3 Å². The average molecular weight is 338 g/mol. The van der Waals surface area contributed by atoms with Crippen molar-refractivity contribution in [2.75, 3.05) is 6.54 Å². The number of aromatic nitrogens is 1. The summed E-state index contributed by atoms with van der Waals surface area (Å²) in [5.41, 5.74) is 10.1. The maximum absolute atomic E-state index is 6.09. The molecule has 2 N–H and O–H groups in total. The smallest absolute Gasteiger partial charge is 0.129 e. The first kappa shape index (κ1) is 16.7. The number of nitrogens with two attached hydrogens (primary N) is 1. The molecule has 0 radical (unpaired) electrons. The maximum Gasteiger partial charge on any atom is 0.129 e. The van der Waals surface area contributed by atoms with Crippen LogP contribution >= 0.6 is 11.3 Å². The van der Waals surface area contributed by atoms with Crippen molar-refractivity contribution in [1.82, 2.24) is 4.98 Å². The fourth-order valence-electron chi connectivity index (χ4n) is 2.53. The molecule has 1 heterocycles. The minimum absolute atomic E-state index is 0.555. The predicted molar refractivity (Wildman–Crippen MR) is 100 cm³/mol. The Balaban J connectivity index is 1.87. The molecule has 0 aliphatic rings. The fourth-order valence-corrected chi connectivity index (χ4v) is 3.35. The van der Waals surface area contributed by atoms with Gasteiger partial charge in [0.25, 0.3) is 0 Å². The highest BCUT2D eigenvalue weighted by Crippen LogP contribution is 2.32. The first-order valence-corrected chi connectivity index (χ1v) is 9.12. The number of nitrogens with zero attached hydrogens (tertiary/aromatic N) is 1. The maximum atomic E-state index is 6.09. The van der Waals surface area contributed by atoms with E-state index in [2.05, 4.69) is 42.6 Å². The van der Waals surface area contributed by atoms with Gasteiger partial charge < -0.3 is 10.5 Å². The van der Waals surface area contributed by atoms with E-state index in [1.54, 1.807) is 11.3 Å². The summed E-state index contributed by atoms with van der Waals surface area (Å²) in [7, 11) is 0. The van der Waals surface area contributed by atoms with Gasteiger partial charge in [0.05, 0.1) is 10.7 Å². The average Bonchev–Trinajstić information content (AvgIpc) is 3.09. The van der Waals surface area contributed by atoms with E-state index in [-0.39, 0.29) is 0 Å². The van der Waals surface area contributed by atoms with E-state index in [4.69, 9.17) is 15.5 Å². The standard InChI is InChI=1S/C20H22N2OS/c1-2-15-8-9-19(23-13-16-6-4-3-5-7-16)17(12-15)18-14-24-20(22-18)10-11-21/h3-9,12,14H,2,10-11,13,21H2,1H3. The molecule has 0 atom stereocenters. The molecule has 0 aliphatic carbocycles. The summed E-state index contributed by atoms with van der Waals surface area (Å²) in [5, 5.41) is 3.17. The van der Waals surface area contributed by atoms with E-state index < -0.39 is 0 Å². The van der Waals surface area contributed by atoms with E-state index in [0.717, 1.165) is 40.4 Å². The molecule has 3 nitrogen and oxygen atoms in total. The highest BCUT2D eigenvalue weighted by Gasteiger charge is 2.11. The topological polar surface area (TPSA) is 48.1 Å². The van der Waals surface area contributed by atoms with Crippen LogP contribution in [0.5, 0.6) is 5.75 Å². The lowest BCUT2D eigenvalue weighted by Crippen LogP contribution is -2.02. The van der Waals surface area contributed by atoms with Crippen LogP contribution in [0.1, 0.15) is 23.1 Å². The second-order valence-electron chi connectivity index (χ2n) is 5.62. The SMILES string of the molecule is CCc1ccc(OCc2ccccc2)c(-c2csc(CCN)n2)c1. The zero-order chi connectivity index (χ0) is 16.8. The molecule has 4 heteroatoms. The number of benzene rings is 2. The minimum atomic E-state index is 0.555. The summed E-state index contributed by atoms with van der Waals surface area (Å²) in [6, 6.07) is 16.6. The lowest BCUT2D eigenvalue weighted by molar-refractivity contribution is 0.307. The Hall–Kier alpha value is -2.17. The Morgan fingerprint density at radius 3 is 2.67 bits per heavy atom. The Morgan fingerprint density at radius 1 is 1.08 bits per heavy atom. The molecule has 0 spiro atoms. The highest BCUT2D eigenvalue weighted by molar-refractivity contribution is 7.09. The van der Waals surface area contributed by atoms with Gasteiger partial charge in [0, 0.05) is 17.4 Å². The van der Waals surface area contributed by atoms with Crippen LogP contribution in [0.3, 0.4) is 0 Å². The molecule has 3 aromatic rings. The molecule has 2 aromatic carbocycles. The van der Waals surface area contributed by atoms with Crippen LogP contribution in [-0.2, 0) is 19.4 Å². The van der Waals surface area contributed by atoms with Crippen LogP contribution in [0.4, 0.5) is 0 Å². The van der Waals surface area contributed by atoms with Crippen molar-refractivity contribution in [3.05, 3.63) is 70.0 Å². The van der Waals surface area contributed by atoms with E-state index in [9.17, 15) is 0 Å². The van der Waals surface area contributed by atoms with Crippen molar-refractivity contribution in [1.29, 1.82) is 0 Å². The molecule has 0 unspecified atom stereocenters. The van der Waals surface area contributed by atoms with Crippen LogP contribution in [-0.4, -0.2) is 11.5 Å². The second kappa shape index (κ2) is 8.08. The zero-order valence-corrected chi connectivity index (χ0v) is 14.7. The van der Waals surface area contributed by atoms with Crippen molar-refractivity contribution in [2.45, 2.75) is 26.4 Å². The Morgan fingerprint density at radius 2 is 1.92 bits per heavy atom. The fraction of sp³-hybridized carbons (Fsp3) is 0.250. The van der Waals surface area contributed by atoms with Gasteiger partial charge >= 0.3 is 0 Å². The van der Waals surface area contributed by atoms with E-state index in [0.29, 0.717) is 13.2 Å². The number of hydrogen-bond donors (Lipinski definition) is 1. The summed E-state index contributed by atoms with van der Waals surface area (Å²) in [6.07, 6.45) is 1.81. The zero-order valence-electron chi connectivity index (χ0n) is 13.9. The largest absolute Gasteiger partial charge is 0.488 e. The van der Waals surface area contributed by atoms with Crippen LogP contribution < -0.4 is 10.5 Å². The molecule has 0 fully saturated rings. The van der Waals surface area contributed by atoms with Gasteiger partial charge in [-0.25, -0.2) is 4.98 Å². The van der Waals surface area contributed by atoms with Gasteiger partial charge in [-0.05, 0) is 36.2 Å². The van der Waals surface area contributed by atoms with Gasteiger partial charge in [0.1, 0.15) is 12.4 Å². The predicted octanol–water partition coefficient (Wildman–Crippen LogP) is 4.45. The summed E-state index contributed by atoms with van der Waals surface area (Å²) >= 11 is 1.66. The van der Waals surface area contributed by atoms with Crippen LogP contribution in [0.2, 0.25) is 0 Å². The van der Waals surface area contributed by atoms with Gasteiger partial charge in [0.2, 0.25) is 0 Å². The quantitative estimate of drug-likeness (QED) is 0.692. The van der Waals surface area contributed by atoms with E-state index in [1.807, 2.05) is 18.2 Å². The van der Waals surface area contributed by atoms with Gasteiger partial charge in [-0.1, -0.05) is 43.3 Å². The van der Waals surface area contributed by atoms with Crippen molar-refractivity contribution in [3.63, 3.8) is 0 Å². The molecule has 0 saturated heterocycles. The van der Waals surface area contributed by atoms with Gasteiger partial charge in [0.15, 0.2) is 0 Å². The molecule has 24 heavy (non-hydrogen) atoms.